The molecule has 0 saturated carbocycles. The summed E-state index contributed by atoms with van der Waals surface area (Å²) >= 11 is 1.70. The van der Waals surface area contributed by atoms with Gasteiger partial charge in [-0.1, -0.05) is 12.1 Å². The average molecular weight is 318 g/mol. The molecule has 0 atom stereocenters. The number of rotatable bonds is 2. The van der Waals surface area contributed by atoms with E-state index in [-0.39, 0.29) is 15.9 Å². The average Bonchev–Trinajstić information content (AvgIpc) is 2.06. The smallest absolute Gasteiger partial charge is 0.405 e. The fourth-order valence-electron chi connectivity index (χ4n) is 0.882. The lowest BCUT2D eigenvalue weighted by molar-refractivity contribution is -0.275. The fraction of sp³-hybridized carbons (Fsp3) is 0.250. The van der Waals surface area contributed by atoms with Gasteiger partial charge in [-0.2, -0.15) is 0 Å². The molecular weight excluding hydrogens is 312 g/mol. The SMILES string of the molecule is OCc1cccc(OC(F)(F)F)c1I. The summed E-state index contributed by atoms with van der Waals surface area (Å²) in [4.78, 5) is 0. The van der Waals surface area contributed by atoms with Crippen LogP contribution in [0.5, 0.6) is 5.75 Å². The molecule has 0 bridgehead atoms. The Morgan fingerprint density at radius 1 is 1.36 bits per heavy atom. The molecule has 0 unspecified atom stereocenters. The molecule has 0 aliphatic heterocycles. The van der Waals surface area contributed by atoms with Crippen LogP contribution in [0.3, 0.4) is 0 Å². The predicted molar refractivity (Wildman–Crippen MR) is 51.8 cm³/mol. The minimum absolute atomic E-state index is 0.268. The summed E-state index contributed by atoms with van der Waals surface area (Å²) in [6.07, 6.45) is -4.70. The third-order valence-electron chi connectivity index (χ3n) is 1.44. The summed E-state index contributed by atoms with van der Waals surface area (Å²) in [5.74, 6) is -0.287. The first-order chi connectivity index (χ1) is 6.44. The molecule has 1 aromatic carbocycles. The highest BCUT2D eigenvalue weighted by Crippen LogP contribution is 2.29. The number of hydrogen-bond donors (Lipinski definition) is 1. The van der Waals surface area contributed by atoms with Gasteiger partial charge in [-0.25, -0.2) is 0 Å². The molecule has 6 heteroatoms. The van der Waals surface area contributed by atoms with E-state index < -0.39 is 6.36 Å². The molecule has 0 fully saturated rings. The van der Waals surface area contributed by atoms with Crippen molar-refractivity contribution in [2.24, 2.45) is 0 Å². The van der Waals surface area contributed by atoms with Gasteiger partial charge >= 0.3 is 6.36 Å². The van der Waals surface area contributed by atoms with Gasteiger partial charge in [0.2, 0.25) is 0 Å². The highest BCUT2D eigenvalue weighted by atomic mass is 127. The van der Waals surface area contributed by atoms with Crippen molar-refractivity contribution >= 4 is 22.6 Å². The Balaban J connectivity index is 2.98. The number of aliphatic hydroxyl groups is 1. The third kappa shape index (κ3) is 3.02. The van der Waals surface area contributed by atoms with E-state index in [0.717, 1.165) is 0 Å². The number of ether oxygens (including phenoxy) is 1. The largest absolute Gasteiger partial charge is 0.573 e. The van der Waals surface area contributed by atoms with Crippen LogP contribution in [0.25, 0.3) is 0 Å². The second-order valence-electron chi connectivity index (χ2n) is 2.44. The van der Waals surface area contributed by atoms with Crippen LogP contribution in [0.1, 0.15) is 5.56 Å². The molecule has 2 nitrogen and oxygen atoms in total. The summed E-state index contributed by atoms with van der Waals surface area (Å²) in [7, 11) is 0. The van der Waals surface area contributed by atoms with E-state index in [1.165, 1.54) is 18.2 Å². The van der Waals surface area contributed by atoms with E-state index >= 15 is 0 Å². The highest BCUT2D eigenvalue weighted by Gasteiger charge is 2.32. The maximum absolute atomic E-state index is 11.9. The van der Waals surface area contributed by atoms with Gasteiger partial charge in [-0.3, -0.25) is 0 Å². The second kappa shape index (κ2) is 4.35. The van der Waals surface area contributed by atoms with Gasteiger partial charge in [-0.05, 0) is 34.2 Å². The third-order valence-corrected chi connectivity index (χ3v) is 2.66. The molecule has 0 aliphatic rings. The van der Waals surface area contributed by atoms with Crippen LogP contribution < -0.4 is 4.74 Å². The zero-order valence-electron chi connectivity index (χ0n) is 6.81. The first-order valence-electron chi connectivity index (χ1n) is 3.58. The molecule has 0 amide bonds. The van der Waals surface area contributed by atoms with Gasteiger partial charge in [0.25, 0.3) is 0 Å². The predicted octanol–water partition coefficient (Wildman–Crippen LogP) is 2.68. The Morgan fingerprint density at radius 2 is 2.00 bits per heavy atom. The minimum Gasteiger partial charge on any atom is -0.405 e. The molecule has 78 valence electrons. The molecule has 1 aromatic rings. The van der Waals surface area contributed by atoms with Crippen molar-refractivity contribution in [3.8, 4) is 5.75 Å². The van der Waals surface area contributed by atoms with Crippen LogP contribution >= 0.6 is 22.6 Å². The summed E-state index contributed by atoms with van der Waals surface area (Å²) < 4.78 is 39.6. The van der Waals surface area contributed by atoms with Gasteiger partial charge < -0.3 is 9.84 Å². The molecule has 1 N–H and O–H groups in total. The highest BCUT2D eigenvalue weighted by molar-refractivity contribution is 14.1. The number of alkyl halides is 3. The van der Waals surface area contributed by atoms with Crippen LogP contribution in [0.15, 0.2) is 18.2 Å². The summed E-state index contributed by atoms with van der Waals surface area (Å²) in [6, 6.07) is 4.13. The van der Waals surface area contributed by atoms with Crippen molar-refractivity contribution in [1.29, 1.82) is 0 Å². The molecule has 0 heterocycles. The van der Waals surface area contributed by atoms with Crippen LogP contribution in [-0.4, -0.2) is 11.5 Å². The van der Waals surface area contributed by atoms with Crippen LogP contribution in [0.4, 0.5) is 13.2 Å². The van der Waals surface area contributed by atoms with Gasteiger partial charge in [0.1, 0.15) is 5.75 Å². The molecule has 0 aromatic heterocycles. The van der Waals surface area contributed by atoms with Gasteiger partial charge in [0.15, 0.2) is 0 Å². The first-order valence-corrected chi connectivity index (χ1v) is 4.66. The van der Waals surface area contributed by atoms with E-state index in [1.807, 2.05) is 0 Å². The van der Waals surface area contributed by atoms with Crippen molar-refractivity contribution in [2.75, 3.05) is 0 Å². The number of hydrogen-bond acceptors (Lipinski definition) is 2. The Morgan fingerprint density at radius 3 is 2.50 bits per heavy atom. The number of benzene rings is 1. The first kappa shape index (κ1) is 11.6. The lowest BCUT2D eigenvalue weighted by Gasteiger charge is -2.11. The standard InChI is InChI=1S/C8H6F3IO2/c9-8(10,11)14-6-3-1-2-5(4-13)7(6)12/h1-3,13H,4H2. The van der Waals surface area contributed by atoms with Crippen molar-refractivity contribution in [2.45, 2.75) is 13.0 Å². The quantitative estimate of drug-likeness (QED) is 0.850. The number of halogens is 4. The molecule has 14 heavy (non-hydrogen) atoms. The Labute approximate surface area is 91.8 Å². The monoisotopic (exact) mass is 318 g/mol. The molecule has 0 radical (unpaired) electrons. The normalized spacial score (nSPS) is 11.5. The van der Waals surface area contributed by atoms with E-state index in [1.54, 1.807) is 22.6 Å². The van der Waals surface area contributed by atoms with Gasteiger partial charge in [0.05, 0.1) is 10.2 Å². The van der Waals surface area contributed by atoms with E-state index in [9.17, 15) is 13.2 Å². The second-order valence-corrected chi connectivity index (χ2v) is 3.51. The van der Waals surface area contributed by atoms with Crippen LogP contribution in [0, 0.1) is 3.57 Å². The Bertz CT molecular complexity index is 325. The van der Waals surface area contributed by atoms with E-state index in [2.05, 4.69) is 4.74 Å². The van der Waals surface area contributed by atoms with E-state index in [0.29, 0.717) is 5.56 Å². The zero-order chi connectivity index (χ0) is 10.8. The van der Waals surface area contributed by atoms with Crippen molar-refractivity contribution in [1.82, 2.24) is 0 Å². The minimum atomic E-state index is -4.70. The molecule has 0 spiro atoms. The van der Waals surface area contributed by atoms with Crippen molar-refractivity contribution < 1.29 is 23.0 Å². The maximum atomic E-state index is 11.9. The molecular formula is C8H6F3IO2. The summed E-state index contributed by atoms with van der Waals surface area (Å²) in [5, 5.41) is 8.80. The molecule has 1 rings (SSSR count). The lowest BCUT2D eigenvalue weighted by Crippen LogP contribution is -2.18. The Hall–Kier alpha value is -0.500. The van der Waals surface area contributed by atoms with E-state index in [4.69, 9.17) is 5.11 Å². The van der Waals surface area contributed by atoms with Gasteiger partial charge in [0, 0.05) is 0 Å². The maximum Gasteiger partial charge on any atom is 0.573 e. The van der Waals surface area contributed by atoms with Crippen LogP contribution in [0.2, 0.25) is 0 Å². The number of aliphatic hydroxyl groups excluding tert-OH is 1. The van der Waals surface area contributed by atoms with Crippen molar-refractivity contribution in [3.63, 3.8) is 0 Å². The molecule has 0 aliphatic carbocycles. The fourth-order valence-corrected chi connectivity index (χ4v) is 1.52. The topological polar surface area (TPSA) is 29.5 Å². The zero-order valence-corrected chi connectivity index (χ0v) is 8.96. The summed E-state index contributed by atoms with van der Waals surface area (Å²) in [6.45, 7) is -0.312. The summed E-state index contributed by atoms with van der Waals surface area (Å²) in [5.41, 5.74) is 0.410. The van der Waals surface area contributed by atoms with Crippen LogP contribution in [-0.2, 0) is 6.61 Å². The van der Waals surface area contributed by atoms with Crippen molar-refractivity contribution in [3.05, 3.63) is 27.3 Å². The Kier molecular flexibility index (Phi) is 3.59. The molecule has 0 saturated heterocycles. The van der Waals surface area contributed by atoms with Gasteiger partial charge in [-0.15, -0.1) is 13.2 Å². The lowest BCUT2D eigenvalue weighted by atomic mass is 10.2.